The van der Waals surface area contributed by atoms with Gasteiger partial charge in [0.15, 0.2) is 0 Å². The van der Waals surface area contributed by atoms with Gasteiger partial charge in [-0.1, -0.05) is 60.7 Å². The summed E-state index contributed by atoms with van der Waals surface area (Å²) in [5.74, 6) is 1.08. The molecule has 1 unspecified atom stereocenters. The van der Waals surface area contributed by atoms with Gasteiger partial charge in [0.25, 0.3) is 0 Å². The van der Waals surface area contributed by atoms with Gasteiger partial charge < -0.3 is 10.0 Å². The molecule has 1 aliphatic heterocycles. The van der Waals surface area contributed by atoms with Gasteiger partial charge >= 0.3 is 0 Å². The SMILES string of the molecule is OCc1ccc(C2C/C(=N\c3ccccc3)N2c2ccccc2)cc1. The highest BCUT2D eigenvalue weighted by molar-refractivity contribution is 6.06. The van der Waals surface area contributed by atoms with Crippen LogP contribution in [0.4, 0.5) is 11.4 Å². The Labute approximate surface area is 147 Å². The highest BCUT2D eigenvalue weighted by atomic mass is 16.3. The molecule has 0 spiro atoms. The maximum atomic E-state index is 9.24. The topological polar surface area (TPSA) is 35.8 Å². The van der Waals surface area contributed by atoms with E-state index in [0.717, 1.165) is 29.2 Å². The van der Waals surface area contributed by atoms with Crippen molar-refractivity contribution in [1.29, 1.82) is 0 Å². The molecule has 1 fully saturated rings. The molecule has 1 heterocycles. The first-order valence-corrected chi connectivity index (χ1v) is 8.52. The van der Waals surface area contributed by atoms with Gasteiger partial charge in [-0.25, -0.2) is 4.99 Å². The molecule has 0 radical (unpaired) electrons. The third-order valence-corrected chi connectivity index (χ3v) is 4.56. The number of anilines is 1. The first kappa shape index (κ1) is 15.6. The molecule has 124 valence electrons. The van der Waals surface area contributed by atoms with Crippen molar-refractivity contribution < 1.29 is 5.11 Å². The highest BCUT2D eigenvalue weighted by Crippen LogP contribution is 2.40. The van der Waals surface area contributed by atoms with E-state index in [4.69, 9.17) is 4.99 Å². The van der Waals surface area contributed by atoms with Gasteiger partial charge in [-0.15, -0.1) is 0 Å². The van der Waals surface area contributed by atoms with Crippen LogP contribution in [0.25, 0.3) is 0 Å². The van der Waals surface area contributed by atoms with Gasteiger partial charge in [0.05, 0.1) is 18.3 Å². The first-order valence-electron chi connectivity index (χ1n) is 8.52. The predicted octanol–water partition coefficient (Wildman–Crippen LogP) is 4.86. The summed E-state index contributed by atoms with van der Waals surface area (Å²) in [4.78, 5) is 7.13. The van der Waals surface area contributed by atoms with Crippen LogP contribution in [0.5, 0.6) is 0 Å². The standard InChI is InChI=1S/C22H20N2O/c25-16-17-11-13-18(14-12-17)21-15-22(23-19-7-3-1-4-8-19)24(21)20-9-5-2-6-10-20/h1-14,21,25H,15-16H2/b23-22+. The summed E-state index contributed by atoms with van der Waals surface area (Å²) >= 11 is 0. The molecule has 1 saturated heterocycles. The molecule has 3 nitrogen and oxygen atoms in total. The summed E-state index contributed by atoms with van der Waals surface area (Å²) in [7, 11) is 0. The molecule has 0 bridgehead atoms. The molecule has 0 amide bonds. The second kappa shape index (κ2) is 6.91. The van der Waals surface area contributed by atoms with E-state index in [0.29, 0.717) is 0 Å². The lowest BCUT2D eigenvalue weighted by molar-refractivity contribution is 0.282. The van der Waals surface area contributed by atoms with Crippen LogP contribution in [0.2, 0.25) is 0 Å². The molecule has 0 aliphatic carbocycles. The lowest BCUT2D eigenvalue weighted by Crippen LogP contribution is -2.46. The van der Waals surface area contributed by atoms with Crippen molar-refractivity contribution in [2.24, 2.45) is 4.99 Å². The first-order chi connectivity index (χ1) is 12.3. The molecular weight excluding hydrogens is 308 g/mol. The van der Waals surface area contributed by atoms with Crippen molar-refractivity contribution >= 4 is 17.2 Å². The number of hydrogen-bond acceptors (Lipinski definition) is 2. The average molecular weight is 328 g/mol. The molecule has 3 aromatic rings. The lowest BCUT2D eigenvalue weighted by Gasteiger charge is -2.44. The highest BCUT2D eigenvalue weighted by Gasteiger charge is 2.36. The van der Waals surface area contributed by atoms with Crippen LogP contribution >= 0.6 is 0 Å². The fourth-order valence-corrected chi connectivity index (χ4v) is 3.21. The van der Waals surface area contributed by atoms with E-state index in [1.807, 2.05) is 48.5 Å². The van der Waals surface area contributed by atoms with Crippen LogP contribution in [-0.4, -0.2) is 10.9 Å². The Balaban J connectivity index is 1.67. The summed E-state index contributed by atoms with van der Waals surface area (Å²) in [6.45, 7) is 0.0774. The van der Waals surface area contributed by atoms with Gasteiger partial charge in [-0.3, -0.25) is 0 Å². The summed E-state index contributed by atoms with van der Waals surface area (Å²) in [6, 6.07) is 28.9. The van der Waals surface area contributed by atoms with E-state index in [9.17, 15) is 5.11 Å². The quantitative estimate of drug-likeness (QED) is 0.742. The van der Waals surface area contributed by atoms with E-state index in [2.05, 4.69) is 41.3 Å². The monoisotopic (exact) mass is 328 g/mol. The number of rotatable bonds is 4. The maximum absolute atomic E-state index is 9.24. The molecule has 4 rings (SSSR count). The van der Waals surface area contributed by atoms with Crippen LogP contribution < -0.4 is 4.90 Å². The van der Waals surface area contributed by atoms with Gasteiger partial charge in [0.2, 0.25) is 0 Å². The van der Waals surface area contributed by atoms with Gasteiger partial charge in [-0.2, -0.15) is 0 Å². The Morgan fingerprint density at radius 2 is 1.48 bits per heavy atom. The zero-order valence-electron chi connectivity index (χ0n) is 13.9. The zero-order valence-corrected chi connectivity index (χ0v) is 13.9. The Morgan fingerprint density at radius 3 is 2.12 bits per heavy atom. The Bertz CT molecular complexity index is 858. The second-order valence-corrected chi connectivity index (χ2v) is 6.19. The van der Waals surface area contributed by atoms with Crippen LogP contribution in [0.1, 0.15) is 23.6 Å². The van der Waals surface area contributed by atoms with Crippen molar-refractivity contribution in [1.82, 2.24) is 0 Å². The minimum atomic E-state index is 0.0774. The Morgan fingerprint density at radius 1 is 0.840 bits per heavy atom. The number of aliphatic hydroxyl groups is 1. The Hall–Kier alpha value is -2.91. The van der Waals surface area contributed by atoms with Gasteiger partial charge in [-0.05, 0) is 35.4 Å². The molecule has 3 aromatic carbocycles. The van der Waals surface area contributed by atoms with Crippen LogP contribution in [0.15, 0.2) is 89.9 Å². The fourth-order valence-electron chi connectivity index (χ4n) is 3.21. The van der Waals surface area contributed by atoms with Crippen LogP contribution in [-0.2, 0) is 6.61 Å². The molecule has 1 N–H and O–H groups in total. The van der Waals surface area contributed by atoms with E-state index in [1.165, 1.54) is 5.56 Å². The maximum Gasteiger partial charge on any atom is 0.112 e. The van der Waals surface area contributed by atoms with Crippen LogP contribution in [0, 0.1) is 0 Å². The Kier molecular flexibility index (Phi) is 4.32. The van der Waals surface area contributed by atoms with E-state index < -0.39 is 0 Å². The fraction of sp³-hybridized carbons (Fsp3) is 0.136. The minimum absolute atomic E-state index is 0.0774. The van der Waals surface area contributed by atoms with E-state index >= 15 is 0 Å². The van der Waals surface area contributed by atoms with E-state index in [-0.39, 0.29) is 12.6 Å². The predicted molar refractivity (Wildman–Crippen MR) is 102 cm³/mol. The van der Waals surface area contributed by atoms with Gasteiger partial charge in [0, 0.05) is 12.1 Å². The van der Waals surface area contributed by atoms with Crippen LogP contribution in [0.3, 0.4) is 0 Å². The van der Waals surface area contributed by atoms with Crippen molar-refractivity contribution in [3.8, 4) is 0 Å². The van der Waals surface area contributed by atoms with Crippen molar-refractivity contribution in [3.63, 3.8) is 0 Å². The van der Waals surface area contributed by atoms with E-state index in [1.54, 1.807) is 0 Å². The molecule has 0 aromatic heterocycles. The summed E-state index contributed by atoms with van der Waals surface area (Å²) in [5.41, 5.74) is 4.31. The number of para-hydroxylation sites is 2. The number of benzene rings is 3. The molecule has 0 saturated carbocycles. The largest absolute Gasteiger partial charge is 0.392 e. The number of nitrogens with zero attached hydrogens (tertiary/aromatic N) is 2. The third-order valence-electron chi connectivity index (χ3n) is 4.56. The number of aliphatic hydroxyl groups excluding tert-OH is 1. The molecule has 1 atom stereocenters. The second-order valence-electron chi connectivity index (χ2n) is 6.19. The molecular formula is C22H20N2O. The van der Waals surface area contributed by atoms with Crippen molar-refractivity contribution in [3.05, 3.63) is 96.1 Å². The number of hydrogen-bond donors (Lipinski definition) is 1. The number of amidine groups is 1. The summed E-state index contributed by atoms with van der Waals surface area (Å²) in [5, 5.41) is 9.24. The summed E-state index contributed by atoms with van der Waals surface area (Å²) in [6.07, 6.45) is 0.905. The smallest absolute Gasteiger partial charge is 0.112 e. The number of aliphatic imine (C=N–C) groups is 1. The zero-order chi connectivity index (χ0) is 17.1. The molecule has 25 heavy (non-hydrogen) atoms. The molecule has 1 aliphatic rings. The van der Waals surface area contributed by atoms with Gasteiger partial charge in [0.1, 0.15) is 5.84 Å². The average Bonchev–Trinajstić information content (AvgIpc) is 2.67. The molecule has 3 heteroatoms. The summed E-state index contributed by atoms with van der Waals surface area (Å²) < 4.78 is 0. The lowest BCUT2D eigenvalue weighted by atomic mass is 9.91. The minimum Gasteiger partial charge on any atom is -0.392 e. The normalized spacial score (nSPS) is 18.2. The van der Waals surface area contributed by atoms with Crippen molar-refractivity contribution in [2.45, 2.75) is 19.1 Å². The third kappa shape index (κ3) is 3.19. The van der Waals surface area contributed by atoms with Crippen molar-refractivity contribution in [2.75, 3.05) is 4.90 Å².